The van der Waals surface area contributed by atoms with Crippen molar-refractivity contribution in [2.45, 2.75) is 26.1 Å². The fraction of sp³-hybridized carbons (Fsp3) is 0.625. The van der Waals surface area contributed by atoms with Crippen molar-refractivity contribution >= 4 is 27.5 Å². The van der Waals surface area contributed by atoms with Crippen LogP contribution in [0.1, 0.15) is 13.8 Å². The summed E-state index contributed by atoms with van der Waals surface area (Å²) in [6.45, 7) is 9.20. The van der Waals surface area contributed by atoms with Gasteiger partial charge in [-0.3, -0.25) is 0 Å². The van der Waals surface area contributed by atoms with Gasteiger partial charge in [-0.2, -0.15) is 0 Å². The van der Waals surface area contributed by atoms with Gasteiger partial charge >= 0.3 is 0 Å². The Hall–Kier alpha value is -0.330. The molecule has 0 radical (unpaired) electrons. The second-order valence-corrected chi connectivity index (χ2v) is 7.02. The van der Waals surface area contributed by atoms with E-state index < -0.39 is 0 Å². The molecule has 1 fully saturated rings. The first-order valence-corrected chi connectivity index (χ1v) is 8.86. The first-order chi connectivity index (χ1) is 10.5. The van der Waals surface area contributed by atoms with Crippen LogP contribution in [0.15, 0.2) is 22.7 Å². The summed E-state index contributed by atoms with van der Waals surface area (Å²) in [5.41, 5.74) is 0. The first kappa shape index (κ1) is 18.0. The number of rotatable bonds is 7. The van der Waals surface area contributed by atoms with Crippen molar-refractivity contribution in [3.05, 3.63) is 27.7 Å². The number of benzene rings is 1. The van der Waals surface area contributed by atoms with Gasteiger partial charge in [0.25, 0.3) is 0 Å². The molecule has 4 nitrogen and oxygen atoms in total. The average Bonchev–Trinajstić information content (AvgIpc) is 2.43. The zero-order valence-corrected chi connectivity index (χ0v) is 15.5. The molecule has 22 heavy (non-hydrogen) atoms. The molecule has 0 spiro atoms. The maximum Gasteiger partial charge on any atom is 0.138 e. The van der Waals surface area contributed by atoms with E-state index in [9.17, 15) is 0 Å². The van der Waals surface area contributed by atoms with Crippen molar-refractivity contribution in [2.75, 3.05) is 39.5 Å². The summed E-state index contributed by atoms with van der Waals surface area (Å²) in [6.07, 6.45) is 0.670. The van der Waals surface area contributed by atoms with Crippen molar-refractivity contribution in [3.63, 3.8) is 0 Å². The Morgan fingerprint density at radius 1 is 1.23 bits per heavy atom. The lowest BCUT2D eigenvalue weighted by molar-refractivity contribution is -0.915. The van der Waals surface area contributed by atoms with Gasteiger partial charge in [0.1, 0.15) is 44.2 Å². The number of halogens is 2. The zero-order chi connectivity index (χ0) is 15.9. The number of nitrogens with one attached hydrogen (secondary N) is 1. The molecule has 0 bridgehead atoms. The highest BCUT2D eigenvalue weighted by atomic mass is 79.9. The lowest BCUT2D eigenvalue weighted by atomic mass is 10.2. The molecule has 2 atom stereocenters. The van der Waals surface area contributed by atoms with Crippen LogP contribution in [0.2, 0.25) is 5.02 Å². The molecular formula is C16H24BrClNO3+. The Bertz CT molecular complexity index is 465. The van der Waals surface area contributed by atoms with E-state index >= 15 is 0 Å². The van der Waals surface area contributed by atoms with Crippen LogP contribution in [0.4, 0.5) is 0 Å². The summed E-state index contributed by atoms with van der Waals surface area (Å²) in [7, 11) is 0. The standard InChI is InChI=1S/C16H23BrClNO3/c1-12-10-19(11-13(2)22-12)5-6-20-7-8-21-16-4-3-14(17)9-15(16)18/h3-4,9,12-13H,5-8,10-11H2,1-2H3/p+1/t12-,13-/m1/s1. The molecule has 0 aromatic heterocycles. The van der Waals surface area contributed by atoms with E-state index in [0.29, 0.717) is 36.2 Å². The van der Waals surface area contributed by atoms with Crippen LogP contribution < -0.4 is 9.64 Å². The van der Waals surface area contributed by atoms with Crippen molar-refractivity contribution in [2.24, 2.45) is 0 Å². The molecule has 1 aliphatic heterocycles. The molecule has 0 aliphatic carbocycles. The maximum atomic E-state index is 6.09. The van der Waals surface area contributed by atoms with E-state index in [1.807, 2.05) is 18.2 Å². The molecule has 1 heterocycles. The molecule has 6 heteroatoms. The summed E-state index contributed by atoms with van der Waals surface area (Å²) < 4.78 is 17.9. The molecule has 1 aromatic rings. The smallest absolute Gasteiger partial charge is 0.138 e. The van der Waals surface area contributed by atoms with Crippen LogP contribution in [0.3, 0.4) is 0 Å². The van der Waals surface area contributed by atoms with Gasteiger partial charge in [-0.1, -0.05) is 27.5 Å². The van der Waals surface area contributed by atoms with Gasteiger partial charge in [0.05, 0.1) is 18.2 Å². The Morgan fingerprint density at radius 3 is 2.64 bits per heavy atom. The topological polar surface area (TPSA) is 32.1 Å². The predicted octanol–water partition coefficient (Wildman–Crippen LogP) is 2.19. The van der Waals surface area contributed by atoms with Crippen LogP contribution >= 0.6 is 27.5 Å². The minimum atomic E-state index is 0.335. The minimum absolute atomic E-state index is 0.335. The second-order valence-electron chi connectivity index (χ2n) is 5.70. The van der Waals surface area contributed by atoms with Gasteiger partial charge in [-0.25, -0.2) is 0 Å². The third-order valence-electron chi connectivity index (χ3n) is 3.60. The van der Waals surface area contributed by atoms with Crippen molar-refractivity contribution in [3.8, 4) is 5.75 Å². The number of ether oxygens (including phenoxy) is 3. The number of quaternary nitrogens is 1. The highest BCUT2D eigenvalue weighted by Gasteiger charge is 2.24. The van der Waals surface area contributed by atoms with Gasteiger partial charge in [-0.05, 0) is 32.0 Å². The van der Waals surface area contributed by atoms with Gasteiger partial charge in [0, 0.05) is 4.47 Å². The molecule has 1 aliphatic rings. The average molecular weight is 394 g/mol. The molecule has 1 saturated heterocycles. The zero-order valence-electron chi connectivity index (χ0n) is 13.1. The van der Waals surface area contributed by atoms with Crippen LogP contribution in [0.25, 0.3) is 0 Å². The lowest BCUT2D eigenvalue weighted by Gasteiger charge is -2.32. The molecule has 0 amide bonds. The Morgan fingerprint density at radius 2 is 1.95 bits per heavy atom. The minimum Gasteiger partial charge on any atom is -0.490 e. The van der Waals surface area contributed by atoms with Crippen LogP contribution in [0.5, 0.6) is 5.75 Å². The summed E-state index contributed by atoms with van der Waals surface area (Å²) in [6, 6.07) is 5.58. The second kappa shape index (κ2) is 9.08. The van der Waals surface area contributed by atoms with Crippen LogP contribution in [0, 0.1) is 0 Å². The lowest BCUT2D eigenvalue weighted by Crippen LogP contribution is -3.15. The summed E-state index contributed by atoms with van der Waals surface area (Å²) in [5, 5.41) is 0.607. The molecular weight excluding hydrogens is 370 g/mol. The highest BCUT2D eigenvalue weighted by molar-refractivity contribution is 9.10. The van der Waals surface area contributed by atoms with E-state index in [0.717, 1.165) is 30.7 Å². The van der Waals surface area contributed by atoms with Gasteiger partial charge < -0.3 is 19.1 Å². The van der Waals surface area contributed by atoms with Crippen LogP contribution in [-0.4, -0.2) is 51.7 Å². The van der Waals surface area contributed by atoms with E-state index in [1.54, 1.807) is 4.90 Å². The van der Waals surface area contributed by atoms with E-state index in [2.05, 4.69) is 29.8 Å². The predicted molar refractivity (Wildman–Crippen MR) is 91.0 cm³/mol. The van der Waals surface area contributed by atoms with Crippen molar-refractivity contribution in [1.29, 1.82) is 0 Å². The first-order valence-electron chi connectivity index (χ1n) is 7.69. The SMILES string of the molecule is C[C@@H]1C[NH+](CCOCCOc2ccc(Br)cc2Cl)C[C@@H](C)O1. The number of hydrogen-bond acceptors (Lipinski definition) is 3. The Balaban J connectivity index is 1.57. The van der Waals surface area contributed by atoms with E-state index in [4.69, 9.17) is 25.8 Å². The molecule has 1 N–H and O–H groups in total. The Labute approximate surface area is 145 Å². The van der Waals surface area contributed by atoms with Gasteiger partial charge in [0.15, 0.2) is 0 Å². The maximum absolute atomic E-state index is 6.09. The largest absolute Gasteiger partial charge is 0.490 e. The highest BCUT2D eigenvalue weighted by Crippen LogP contribution is 2.27. The van der Waals surface area contributed by atoms with Gasteiger partial charge in [0.2, 0.25) is 0 Å². The van der Waals surface area contributed by atoms with Gasteiger partial charge in [-0.15, -0.1) is 0 Å². The monoisotopic (exact) mass is 392 g/mol. The van der Waals surface area contributed by atoms with Crippen molar-refractivity contribution < 1.29 is 19.1 Å². The molecule has 0 unspecified atom stereocenters. The van der Waals surface area contributed by atoms with E-state index in [1.165, 1.54) is 0 Å². The molecule has 1 aromatic carbocycles. The fourth-order valence-electron chi connectivity index (χ4n) is 2.71. The molecule has 0 saturated carbocycles. The third kappa shape index (κ3) is 6.05. The number of hydrogen-bond donors (Lipinski definition) is 1. The Kier molecular flexibility index (Phi) is 7.44. The molecule has 124 valence electrons. The van der Waals surface area contributed by atoms with Crippen molar-refractivity contribution in [1.82, 2.24) is 0 Å². The fourth-order valence-corrected chi connectivity index (χ4v) is 3.44. The quantitative estimate of drug-likeness (QED) is 0.721. The number of morpholine rings is 1. The summed E-state index contributed by atoms with van der Waals surface area (Å²) in [4.78, 5) is 1.54. The normalized spacial score (nSPS) is 25.2. The summed E-state index contributed by atoms with van der Waals surface area (Å²) in [5.74, 6) is 0.690. The molecule has 2 rings (SSSR count). The third-order valence-corrected chi connectivity index (χ3v) is 4.38. The summed E-state index contributed by atoms with van der Waals surface area (Å²) >= 11 is 9.46. The van der Waals surface area contributed by atoms with E-state index in [-0.39, 0.29) is 0 Å². The van der Waals surface area contributed by atoms with Crippen LogP contribution in [-0.2, 0) is 9.47 Å².